The van der Waals surface area contributed by atoms with Gasteiger partial charge in [-0.15, -0.1) is 0 Å². The highest BCUT2D eigenvalue weighted by atomic mass is 35.5. The van der Waals surface area contributed by atoms with Crippen LogP contribution in [0, 0.1) is 12.7 Å². The molecule has 200 valence electrons. The van der Waals surface area contributed by atoms with Crippen LogP contribution in [0.25, 0.3) is 0 Å². The minimum atomic E-state index is -4.74. The fourth-order valence-electron chi connectivity index (χ4n) is 4.38. The Hall–Kier alpha value is -2.86. The number of amides is 1. The predicted octanol–water partition coefficient (Wildman–Crippen LogP) is 5.82. The van der Waals surface area contributed by atoms with Crippen LogP contribution in [-0.2, 0) is 16.6 Å². The van der Waals surface area contributed by atoms with E-state index in [-0.39, 0.29) is 25.1 Å². The predicted molar refractivity (Wildman–Crippen MR) is 121 cm³/mol. The monoisotopic (exact) mass is 551 g/mol. The zero-order chi connectivity index (χ0) is 27.3. The van der Waals surface area contributed by atoms with Gasteiger partial charge in [-0.3, -0.25) is 9.69 Å². The van der Waals surface area contributed by atoms with Crippen LogP contribution in [0.4, 0.5) is 30.7 Å². The van der Waals surface area contributed by atoms with Crippen LogP contribution in [0.5, 0.6) is 0 Å². The van der Waals surface area contributed by atoms with Crippen LogP contribution in [0.3, 0.4) is 0 Å². The van der Waals surface area contributed by atoms with Crippen molar-refractivity contribution in [3.63, 3.8) is 0 Å². The number of carbonyl (C=O) groups is 1. The summed E-state index contributed by atoms with van der Waals surface area (Å²) in [7, 11) is 0. The molecule has 2 aliphatic heterocycles. The SMILES string of the molecule is Cc1cc(C2=NOC(C)(c3cc(C(F)(F)F)cc(Cl)c3F)C2)ccc1C(=O)NC1CN(CC(F)(F)F)C1. The quantitative estimate of drug-likeness (QED) is 0.476. The minimum absolute atomic E-state index is 0.0658. The Balaban J connectivity index is 1.45. The van der Waals surface area contributed by atoms with Crippen LogP contribution in [-0.4, -0.2) is 48.4 Å². The number of nitrogens with one attached hydrogen (secondary N) is 1. The van der Waals surface area contributed by atoms with E-state index >= 15 is 0 Å². The van der Waals surface area contributed by atoms with Crippen molar-refractivity contribution in [3.8, 4) is 0 Å². The average Bonchev–Trinajstić information content (AvgIpc) is 3.15. The lowest BCUT2D eigenvalue weighted by atomic mass is 9.87. The van der Waals surface area contributed by atoms with Gasteiger partial charge in [-0.05, 0) is 49.2 Å². The molecule has 1 saturated heterocycles. The van der Waals surface area contributed by atoms with E-state index in [9.17, 15) is 35.5 Å². The van der Waals surface area contributed by atoms with Crippen LogP contribution >= 0.6 is 11.6 Å². The summed E-state index contributed by atoms with van der Waals surface area (Å²) in [4.78, 5) is 19.2. The third kappa shape index (κ3) is 5.85. The lowest BCUT2D eigenvalue weighted by Crippen LogP contribution is -2.61. The summed E-state index contributed by atoms with van der Waals surface area (Å²) in [5, 5.41) is 5.95. The number of benzene rings is 2. The van der Waals surface area contributed by atoms with Gasteiger partial charge in [0.25, 0.3) is 5.91 Å². The van der Waals surface area contributed by atoms with E-state index in [0.29, 0.717) is 34.5 Å². The molecule has 13 heteroatoms. The molecule has 2 aromatic rings. The van der Waals surface area contributed by atoms with Gasteiger partial charge < -0.3 is 10.2 Å². The van der Waals surface area contributed by atoms with Gasteiger partial charge in [0.1, 0.15) is 5.82 Å². The van der Waals surface area contributed by atoms with Crippen LogP contribution in [0.1, 0.15) is 46.0 Å². The summed E-state index contributed by atoms with van der Waals surface area (Å²) in [6, 6.07) is 5.43. The van der Waals surface area contributed by atoms with Crippen LogP contribution < -0.4 is 5.32 Å². The second kappa shape index (κ2) is 9.46. The topological polar surface area (TPSA) is 53.9 Å². The molecule has 4 rings (SSSR count). The van der Waals surface area contributed by atoms with Crippen molar-refractivity contribution in [2.24, 2.45) is 5.16 Å². The highest BCUT2D eigenvalue weighted by molar-refractivity contribution is 6.30. The third-order valence-electron chi connectivity index (χ3n) is 6.29. The molecule has 1 unspecified atom stereocenters. The summed E-state index contributed by atoms with van der Waals surface area (Å²) in [5.41, 5.74) is -1.39. The molecule has 0 spiro atoms. The maximum Gasteiger partial charge on any atom is 0.416 e. The first-order valence-electron chi connectivity index (χ1n) is 11.1. The Morgan fingerprint density at radius 1 is 1.19 bits per heavy atom. The third-order valence-corrected chi connectivity index (χ3v) is 6.56. The van der Waals surface area contributed by atoms with Crippen molar-refractivity contribution < 1.29 is 40.4 Å². The number of oxime groups is 1. The zero-order valence-corrected chi connectivity index (χ0v) is 20.3. The number of halogens is 8. The van der Waals surface area contributed by atoms with Gasteiger partial charge in [-0.2, -0.15) is 26.3 Å². The Labute approximate surface area is 212 Å². The van der Waals surface area contributed by atoms with Gasteiger partial charge in [-0.25, -0.2) is 4.39 Å². The van der Waals surface area contributed by atoms with E-state index in [1.807, 2.05) is 0 Å². The van der Waals surface area contributed by atoms with E-state index < -0.39 is 52.9 Å². The molecular formula is C24H21ClF7N3O2. The molecule has 0 radical (unpaired) electrons. The molecule has 1 amide bonds. The molecule has 0 aliphatic carbocycles. The Bertz CT molecular complexity index is 1260. The molecule has 1 N–H and O–H groups in total. The van der Waals surface area contributed by atoms with Gasteiger partial charge in [0.15, 0.2) is 5.60 Å². The van der Waals surface area contributed by atoms with Crippen molar-refractivity contribution in [2.45, 2.75) is 44.3 Å². The molecule has 37 heavy (non-hydrogen) atoms. The highest BCUT2D eigenvalue weighted by Gasteiger charge is 2.42. The molecule has 1 fully saturated rings. The lowest BCUT2D eigenvalue weighted by molar-refractivity contribution is -0.155. The first-order valence-corrected chi connectivity index (χ1v) is 11.5. The summed E-state index contributed by atoms with van der Waals surface area (Å²) in [5.74, 6) is -1.49. The number of likely N-dealkylation sites (tertiary alicyclic amines) is 1. The van der Waals surface area contributed by atoms with E-state index in [1.165, 1.54) is 17.9 Å². The molecule has 5 nitrogen and oxygen atoms in total. The van der Waals surface area contributed by atoms with Gasteiger partial charge >= 0.3 is 12.4 Å². The number of carbonyl (C=O) groups excluding carboxylic acids is 1. The van der Waals surface area contributed by atoms with Crippen molar-refractivity contribution in [1.29, 1.82) is 0 Å². The number of nitrogens with zero attached hydrogens (tertiary/aromatic N) is 2. The maximum atomic E-state index is 14.7. The summed E-state index contributed by atoms with van der Waals surface area (Å²) < 4.78 is 91.7. The Morgan fingerprint density at radius 2 is 1.86 bits per heavy atom. The van der Waals surface area contributed by atoms with Gasteiger partial charge in [0.2, 0.25) is 0 Å². The number of rotatable bonds is 5. The number of hydrogen-bond acceptors (Lipinski definition) is 4. The normalized spacial score (nSPS) is 20.9. The first kappa shape index (κ1) is 27.2. The second-order valence-corrected chi connectivity index (χ2v) is 9.77. The van der Waals surface area contributed by atoms with Crippen molar-refractivity contribution in [1.82, 2.24) is 10.2 Å². The van der Waals surface area contributed by atoms with Crippen molar-refractivity contribution in [2.75, 3.05) is 19.6 Å². The second-order valence-electron chi connectivity index (χ2n) is 9.36. The molecule has 0 bridgehead atoms. The van der Waals surface area contributed by atoms with Gasteiger partial charge in [-0.1, -0.05) is 22.8 Å². The number of alkyl halides is 6. The summed E-state index contributed by atoms with van der Waals surface area (Å²) in [6.07, 6.45) is -9.11. The smallest absolute Gasteiger partial charge is 0.384 e. The minimum Gasteiger partial charge on any atom is -0.384 e. The standard InChI is InChI=1S/C24H21ClF7N3O2/c1-12-5-13(3-4-16(12)21(36)33-15-9-35(10-15)11-23(27,28)29)19-8-22(2,37-34-19)17-6-14(24(30,31)32)7-18(25)20(17)26/h3-7,15H,8-11H2,1-2H3,(H,33,36). The molecule has 2 aliphatic rings. The first-order chi connectivity index (χ1) is 17.1. The molecule has 1 atom stereocenters. The molecular weight excluding hydrogens is 531 g/mol. The Kier molecular flexibility index (Phi) is 6.95. The van der Waals surface area contributed by atoms with Crippen LogP contribution in [0.2, 0.25) is 5.02 Å². The largest absolute Gasteiger partial charge is 0.416 e. The molecule has 0 aromatic heterocycles. The van der Waals surface area contributed by atoms with E-state index in [0.717, 1.165) is 0 Å². The van der Waals surface area contributed by atoms with Crippen molar-refractivity contribution in [3.05, 3.63) is 69.0 Å². The summed E-state index contributed by atoms with van der Waals surface area (Å²) >= 11 is 5.71. The van der Waals surface area contributed by atoms with Crippen LogP contribution in [0.15, 0.2) is 35.5 Å². The molecule has 0 saturated carbocycles. The number of aryl methyl sites for hydroxylation is 1. The number of hydrogen-bond donors (Lipinski definition) is 1. The maximum absolute atomic E-state index is 14.7. The van der Waals surface area contributed by atoms with Gasteiger partial charge in [0, 0.05) is 30.6 Å². The fraction of sp³-hybridized carbons (Fsp3) is 0.417. The van der Waals surface area contributed by atoms with Crippen molar-refractivity contribution >= 4 is 23.2 Å². The zero-order valence-electron chi connectivity index (χ0n) is 19.5. The molecule has 2 heterocycles. The summed E-state index contributed by atoms with van der Waals surface area (Å²) in [6.45, 7) is 2.19. The highest BCUT2D eigenvalue weighted by Crippen LogP contribution is 2.42. The van der Waals surface area contributed by atoms with E-state index in [1.54, 1.807) is 19.1 Å². The van der Waals surface area contributed by atoms with E-state index in [2.05, 4.69) is 10.5 Å². The lowest BCUT2D eigenvalue weighted by Gasteiger charge is -2.39. The van der Waals surface area contributed by atoms with E-state index in [4.69, 9.17) is 16.4 Å². The Morgan fingerprint density at radius 3 is 2.46 bits per heavy atom. The fourth-order valence-corrected chi connectivity index (χ4v) is 4.60. The average molecular weight is 552 g/mol. The van der Waals surface area contributed by atoms with Gasteiger partial charge in [0.05, 0.1) is 28.9 Å². The molecule has 2 aromatic carbocycles.